The van der Waals surface area contributed by atoms with Crippen molar-refractivity contribution in [2.75, 3.05) is 5.32 Å². The van der Waals surface area contributed by atoms with Crippen LogP contribution in [0.3, 0.4) is 0 Å². The maximum absolute atomic E-state index is 12.3. The van der Waals surface area contributed by atoms with E-state index >= 15 is 0 Å². The van der Waals surface area contributed by atoms with Gasteiger partial charge in [0.1, 0.15) is 11.5 Å². The van der Waals surface area contributed by atoms with Crippen LogP contribution in [-0.2, 0) is 4.79 Å². The molecule has 0 spiro atoms. The summed E-state index contributed by atoms with van der Waals surface area (Å²) in [6.45, 7) is 4.22. The Morgan fingerprint density at radius 1 is 1.00 bits per heavy atom. The van der Waals surface area contributed by atoms with Crippen molar-refractivity contribution in [2.24, 2.45) is 5.92 Å². The van der Waals surface area contributed by atoms with Crippen LogP contribution in [0.25, 0.3) is 0 Å². The van der Waals surface area contributed by atoms with Crippen molar-refractivity contribution in [1.29, 1.82) is 0 Å². The monoisotopic (exact) mass is 311 g/mol. The summed E-state index contributed by atoms with van der Waals surface area (Å²) in [5.74, 6) is 1.76. The van der Waals surface area contributed by atoms with E-state index < -0.39 is 0 Å². The minimum Gasteiger partial charge on any atom is -0.457 e. The van der Waals surface area contributed by atoms with Gasteiger partial charge in [-0.25, -0.2) is 0 Å². The zero-order valence-electron chi connectivity index (χ0n) is 13.9. The molecule has 2 rings (SSSR count). The molecule has 23 heavy (non-hydrogen) atoms. The van der Waals surface area contributed by atoms with Gasteiger partial charge in [-0.15, -0.1) is 0 Å². The number of para-hydroxylation sites is 1. The lowest BCUT2D eigenvalue weighted by molar-refractivity contribution is -0.120. The van der Waals surface area contributed by atoms with Crippen LogP contribution >= 0.6 is 0 Å². The Hall–Kier alpha value is -2.29. The number of nitrogens with one attached hydrogen (secondary N) is 1. The van der Waals surface area contributed by atoms with E-state index in [1.807, 2.05) is 54.6 Å². The first kappa shape index (κ1) is 17.1. The molecule has 3 heteroatoms. The average molecular weight is 311 g/mol. The van der Waals surface area contributed by atoms with Gasteiger partial charge in [0, 0.05) is 11.6 Å². The van der Waals surface area contributed by atoms with Crippen molar-refractivity contribution < 1.29 is 9.53 Å². The molecule has 0 aliphatic rings. The molecule has 122 valence electrons. The third-order valence-electron chi connectivity index (χ3n) is 3.87. The number of amides is 1. The number of anilines is 1. The Labute approximate surface area is 138 Å². The van der Waals surface area contributed by atoms with Crippen molar-refractivity contribution in [2.45, 2.75) is 39.5 Å². The van der Waals surface area contributed by atoms with Crippen LogP contribution in [0, 0.1) is 5.92 Å². The van der Waals surface area contributed by atoms with Crippen molar-refractivity contribution in [3.8, 4) is 11.5 Å². The summed E-state index contributed by atoms with van der Waals surface area (Å²) in [5.41, 5.74) is 0.811. The maximum Gasteiger partial charge on any atom is 0.227 e. The van der Waals surface area contributed by atoms with Gasteiger partial charge in [0.2, 0.25) is 5.91 Å². The van der Waals surface area contributed by atoms with Crippen LogP contribution in [0.1, 0.15) is 39.5 Å². The van der Waals surface area contributed by atoms with E-state index in [0.29, 0.717) is 0 Å². The lowest BCUT2D eigenvalue weighted by atomic mass is 9.98. The molecule has 0 fully saturated rings. The lowest BCUT2D eigenvalue weighted by Gasteiger charge is -2.15. The van der Waals surface area contributed by atoms with Gasteiger partial charge in [0.25, 0.3) is 0 Å². The summed E-state index contributed by atoms with van der Waals surface area (Å²) >= 11 is 0. The molecule has 2 aromatic rings. The van der Waals surface area contributed by atoms with Gasteiger partial charge < -0.3 is 10.1 Å². The molecule has 0 bridgehead atoms. The van der Waals surface area contributed by atoms with Crippen LogP contribution in [0.2, 0.25) is 0 Å². The summed E-state index contributed by atoms with van der Waals surface area (Å²) < 4.78 is 5.75. The summed E-state index contributed by atoms with van der Waals surface area (Å²) in [5, 5.41) is 3.00. The Bertz CT molecular complexity index is 593. The van der Waals surface area contributed by atoms with Gasteiger partial charge >= 0.3 is 0 Å². The van der Waals surface area contributed by atoms with E-state index in [9.17, 15) is 4.79 Å². The van der Waals surface area contributed by atoms with E-state index in [1.54, 1.807) is 0 Å². The van der Waals surface area contributed by atoms with Crippen molar-refractivity contribution in [3.63, 3.8) is 0 Å². The normalized spacial score (nSPS) is 11.7. The van der Waals surface area contributed by atoms with Gasteiger partial charge in [-0.05, 0) is 49.2 Å². The van der Waals surface area contributed by atoms with Crippen molar-refractivity contribution >= 4 is 11.6 Å². The number of carbonyl (C=O) groups is 1. The van der Waals surface area contributed by atoms with Crippen molar-refractivity contribution in [1.82, 2.24) is 0 Å². The molecule has 2 aromatic carbocycles. The average Bonchev–Trinajstić information content (AvgIpc) is 2.58. The number of hydrogen-bond donors (Lipinski definition) is 1. The van der Waals surface area contributed by atoms with Gasteiger partial charge in [0.15, 0.2) is 0 Å². The topological polar surface area (TPSA) is 38.3 Å². The van der Waals surface area contributed by atoms with Crippen LogP contribution in [0.15, 0.2) is 54.6 Å². The maximum atomic E-state index is 12.3. The van der Waals surface area contributed by atoms with Gasteiger partial charge in [-0.3, -0.25) is 4.79 Å². The van der Waals surface area contributed by atoms with E-state index in [4.69, 9.17) is 4.74 Å². The van der Waals surface area contributed by atoms with Crippen LogP contribution in [0.4, 0.5) is 5.69 Å². The van der Waals surface area contributed by atoms with Crippen molar-refractivity contribution in [3.05, 3.63) is 54.6 Å². The quantitative estimate of drug-likeness (QED) is 0.685. The molecule has 1 N–H and O–H groups in total. The van der Waals surface area contributed by atoms with E-state index in [1.165, 1.54) is 0 Å². The first-order valence-corrected chi connectivity index (χ1v) is 8.36. The van der Waals surface area contributed by atoms with E-state index in [-0.39, 0.29) is 11.8 Å². The molecule has 0 aromatic heterocycles. The highest BCUT2D eigenvalue weighted by Crippen LogP contribution is 2.23. The van der Waals surface area contributed by atoms with Crippen LogP contribution in [-0.4, -0.2) is 5.91 Å². The first-order chi connectivity index (χ1) is 11.2. The Morgan fingerprint density at radius 2 is 1.65 bits per heavy atom. The predicted octanol–water partition coefficient (Wildman–Crippen LogP) is 5.63. The molecule has 3 nitrogen and oxygen atoms in total. The number of ether oxygens (including phenoxy) is 1. The SMILES string of the molecule is CCCCC(CC)C(=O)Nc1ccc(Oc2ccccc2)cc1. The molecule has 1 atom stereocenters. The molecule has 1 amide bonds. The minimum atomic E-state index is 0.0928. The van der Waals surface area contributed by atoms with E-state index in [2.05, 4.69) is 19.2 Å². The highest BCUT2D eigenvalue weighted by Gasteiger charge is 2.15. The second kappa shape index (κ2) is 8.99. The largest absolute Gasteiger partial charge is 0.457 e. The fourth-order valence-electron chi connectivity index (χ4n) is 2.45. The second-order valence-corrected chi connectivity index (χ2v) is 5.68. The fourth-order valence-corrected chi connectivity index (χ4v) is 2.45. The zero-order chi connectivity index (χ0) is 16.5. The number of rotatable bonds is 8. The predicted molar refractivity (Wildman–Crippen MR) is 94.9 cm³/mol. The van der Waals surface area contributed by atoms with Gasteiger partial charge in [-0.1, -0.05) is 44.9 Å². The second-order valence-electron chi connectivity index (χ2n) is 5.68. The molecule has 1 unspecified atom stereocenters. The molecule has 0 saturated heterocycles. The van der Waals surface area contributed by atoms with Crippen LogP contribution in [0.5, 0.6) is 11.5 Å². The van der Waals surface area contributed by atoms with E-state index in [0.717, 1.165) is 42.9 Å². The Morgan fingerprint density at radius 3 is 2.26 bits per heavy atom. The smallest absolute Gasteiger partial charge is 0.227 e. The molecule has 0 radical (unpaired) electrons. The summed E-state index contributed by atoms with van der Waals surface area (Å²) in [6, 6.07) is 17.1. The molecular weight excluding hydrogens is 286 g/mol. The molecular formula is C20H25NO2. The molecule has 0 aliphatic carbocycles. The zero-order valence-corrected chi connectivity index (χ0v) is 13.9. The molecule has 0 heterocycles. The highest BCUT2D eigenvalue weighted by atomic mass is 16.5. The molecule has 0 aliphatic heterocycles. The third-order valence-corrected chi connectivity index (χ3v) is 3.87. The lowest BCUT2D eigenvalue weighted by Crippen LogP contribution is -2.22. The minimum absolute atomic E-state index is 0.0928. The standard InChI is InChI=1S/C20H25NO2/c1-3-5-9-16(4-2)20(22)21-17-12-14-19(15-13-17)23-18-10-7-6-8-11-18/h6-8,10-16H,3-5,9H2,1-2H3,(H,21,22). The summed E-state index contributed by atoms with van der Waals surface area (Å²) in [4.78, 5) is 12.3. The number of hydrogen-bond acceptors (Lipinski definition) is 2. The number of unbranched alkanes of at least 4 members (excludes halogenated alkanes) is 1. The number of carbonyl (C=O) groups excluding carboxylic acids is 1. The Kier molecular flexibility index (Phi) is 6.67. The summed E-state index contributed by atoms with van der Waals surface area (Å²) in [6.07, 6.45) is 4.04. The van der Waals surface area contributed by atoms with Gasteiger partial charge in [-0.2, -0.15) is 0 Å². The summed E-state index contributed by atoms with van der Waals surface area (Å²) in [7, 11) is 0. The highest BCUT2D eigenvalue weighted by molar-refractivity contribution is 5.92. The Balaban J connectivity index is 1.92. The number of benzene rings is 2. The third kappa shape index (κ3) is 5.44. The first-order valence-electron chi connectivity index (χ1n) is 8.36. The fraction of sp³-hybridized carbons (Fsp3) is 0.350. The van der Waals surface area contributed by atoms with Crippen LogP contribution < -0.4 is 10.1 Å². The molecule has 0 saturated carbocycles. The van der Waals surface area contributed by atoms with Gasteiger partial charge in [0.05, 0.1) is 0 Å².